The number of benzene rings is 1. The molecule has 0 amide bonds. The van der Waals surface area contributed by atoms with Crippen molar-refractivity contribution in [2.24, 2.45) is 0 Å². The van der Waals surface area contributed by atoms with Crippen LogP contribution in [-0.2, 0) is 6.42 Å². The van der Waals surface area contributed by atoms with E-state index in [1.807, 2.05) is 19.1 Å². The molecule has 7 heteroatoms. The fraction of sp³-hybridized carbons (Fsp3) is 0.308. The van der Waals surface area contributed by atoms with Crippen molar-refractivity contribution in [3.05, 3.63) is 34.1 Å². The van der Waals surface area contributed by atoms with Crippen LogP contribution in [0.1, 0.15) is 29.5 Å². The lowest BCUT2D eigenvalue weighted by molar-refractivity contribution is 0.0689. The molecule has 1 N–H and O–H groups in total. The van der Waals surface area contributed by atoms with Gasteiger partial charge in [0.25, 0.3) is 0 Å². The minimum absolute atomic E-state index is 0.00580. The van der Waals surface area contributed by atoms with Crippen LogP contribution >= 0.6 is 15.9 Å². The molecule has 0 atom stereocenters. The number of aromatic nitrogens is 3. The molecule has 2 aromatic rings. The Balaban J connectivity index is 2.54. The van der Waals surface area contributed by atoms with Crippen molar-refractivity contribution in [2.45, 2.75) is 19.8 Å². The van der Waals surface area contributed by atoms with Crippen molar-refractivity contribution in [1.29, 1.82) is 0 Å². The first kappa shape index (κ1) is 14.5. The van der Waals surface area contributed by atoms with E-state index in [-0.39, 0.29) is 5.69 Å². The van der Waals surface area contributed by atoms with E-state index in [0.29, 0.717) is 23.6 Å². The van der Waals surface area contributed by atoms with E-state index in [4.69, 9.17) is 9.84 Å². The van der Waals surface area contributed by atoms with E-state index >= 15 is 0 Å². The summed E-state index contributed by atoms with van der Waals surface area (Å²) in [6.07, 6.45) is 1.40. The molecule has 0 saturated carbocycles. The fourth-order valence-electron chi connectivity index (χ4n) is 1.92. The molecule has 0 bridgehead atoms. The number of halogens is 1. The molecule has 2 rings (SSSR count). The zero-order valence-electron chi connectivity index (χ0n) is 11.1. The van der Waals surface area contributed by atoms with Crippen LogP contribution in [0.25, 0.3) is 5.69 Å². The summed E-state index contributed by atoms with van der Waals surface area (Å²) in [5, 5.41) is 16.8. The van der Waals surface area contributed by atoms with Crippen LogP contribution in [0.5, 0.6) is 5.75 Å². The Morgan fingerprint density at radius 2 is 2.25 bits per heavy atom. The van der Waals surface area contributed by atoms with Gasteiger partial charge in [-0.2, -0.15) is 0 Å². The Morgan fingerprint density at radius 3 is 2.85 bits per heavy atom. The van der Waals surface area contributed by atoms with Gasteiger partial charge in [-0.1, -0.05) is 18.6 Å². The molecule has 106 valence electrons. The molecular formula is C13H14BrN3O3. The SMILES string of the molecule is CCCc1c(C(=O)O)nnn1-c1ccc(Br)c(OC)c1. The van der Waals surface area contributed by atoms with E-state index in [2.05, 4.69) is 26.2 Å². The number of rotatable bonds is 5. The van der Waals surface area contributed by atoms with Gasteiger partial charge in [-0.05, 0) is 34.5 Å². The number of carbonyl (C=O) groups is 1. The molecule has 0 fully saturated rings. The molecule has 0 aliphatic carbocycles. The van der Waals surface area contributed by atoms with Crippen LogP contribution in [0.3, 0.4) is 0 Å². The van der Waals surface area contributed by atoms with Crippen molar-refractivity contribution in [3.8, 4) is 11.4 Å². The highest BCUT2D eigenvalue weighted by atomic mass is 79.9. The summed E-state index contributed by atoms with van der Waals surface area (Å²) in [5.41, 5.74) is 1.30. The average molecular weight is 340 g/mol. The smallest absolute Gasteiger partial charge is 0.358 e. The zero-order valence-corrected chi connectivity index (χ0v) is 12.7. The molecule has 0 radical (unpaired) electrons. The predicted molar refractivity (Wildman–Crippen MR) is 76.6 cm³/mol. The Morgan fingerprint density at radius 1 is 1.50 bits per heavy atom. The van der Waals surface area contributed by atoms with Gasteiger partial charge in [0.15, 0.2) is 5.69 Å². The lowest BCUT2D eigenvalue weighted by atomic mass is 10.2. The topological polar surface area (TPSA) is 77.2 Å². The molecule has 20 heavy (non-hydrogen) atoms. The quantitative estimate of drug-likeness (QED) is 0.906. The molecule has 0 saturated heterocycles. The lowest BCUT2D eigenvalue weighted by Crippen LogP contribution is -2.07. The van der Waals surface area contributed by atoms with Gasteiger partial charge in [-0.15, -0.1) is 5.10 Å². The highest BCUT2D eigenvalue weighted by molar-refractivity contribution is 9.10. The molecule has 1 aromatic carbocycles. The van der Waals surface area contributed by atoms with Crippen molar-refractivity contribution in [1.82, 2.24) is 15.0 Å². The number of hydrogen-bond donors (Lipinski definition) is 1. The summed E-state index contributed by atoms with van der Waals surface area (Å²) >= 11 is 3.38. The van der Waals surface area contributed by atoms with Crippen molar-refractivity contribution in [2.75, 3.05) is 7.11 Å². The highest BCUT2D eigenvalue weighted by Crippen LogP contribution is 2.27. The first-order valence-electron chi connectivity index (χ1n) is 6.10. The molecule has 0 spiro atoms. The Hall–Kier alpha value is -1.89. The van der Waals surface area contributed by atoms with Gasteiger partial charge in [0.05, 0.1) is 23.0 Å². The summed E-state index contributed by atoms with van der Waals surface area (Å²) in [4.78, 5) is 11.2. The van der Waals surface area contributed by atoms with E-state index < -0.39 is 5.97 Å². The lowest BCUT2D eigenvalue weighted by Gasteiger charge is -2.09. The third-order valence-corrected chi connectivity index (χ3v) is 3.49. The number of hydrogen-bond acceptors (Lipinski definition) is 4. The molecule has 0 aliphatic rings. The first-order chi connectivity index (χ1) is 9.58. The highest BCUT2D eigenvalue weighted by Gasteiger charge is 2.19. The minimum Gasteiger partial charge on any atom is -0.495 e. The predicted octanol–water partition coefficient (Wildman–Crippen LogP) is 2.69. The Kier molecular flexibility index (Phi) is 4.39. The molecular weight excluding hydrogens is 326 g/mol. The maximum Gasteiger partial charge on any atom is 0.358 e. The molecule has 0 unspecified atom stereocenters. The molecule has 1 heterocycles. The minimum atomic E-state index is -1.07. The van der Waals surface area contributed by atoms with E-state index in [0.717, 1.165) is 10.9 Å². The second kappa shape index (κ2) is 6.04. The van der Waals surface area contributed by atoms with Crippen molar-refractivity contribution >= 4 is 21.9 Å². The zero-order chi connectivity index (χ0) is 14.7. The van der Waals surface area contributed by atoms with Gasteiger partial charge in [0.1, 0.15) is 5.75 Å². The molecule has 0 aliphatic heterocycles. The summed E-state index contributed by atoms with van der Waals surface area (Å²) in [7, 11) is 1.57. The third kappa shape index (κ3) is 2.67. The fourth-order valence-corrected chi connectivity index (χ4v) is 2.32. The first-order valence-corrected chi connectivity index (χ1v) is 6.89. The van der Waals surface area contributed by atoms with Gasteiger partial charge in [-0.3, -0.25) is 0 Å². The number of nitrogens with zero attached hydrogens (tertiary/aromatic N) is 3. The third-order valence-electron chi connectivity index (χ3n) is 2.83. The summed E-state index contributed by atoms with van der Waals surface area (Å²) in [5.74, 6) is -0.416. The maximum absolute atomic E-state index is 11.2. The summed E-state index contributed by atoms with van der Waals surface area (Å²) in [6, 6.07) is 5.43. The van der Waals surface area contributed by atoms with Gasteiger partial charge in [0, 0.05) is 6.07 Å². The summed E-state index contributed by atoms with van der Waals surface area (Å²) < 4.78 is 7.60. The van der Waals surface area contributed by atoms with Gasteiger partial charge in [0.2, 0.25) is 0 Å². The normalized spacial score (nSPS) is 10.6. The van der Waals surface area contributed by atoms with E-state index in [1.54, 1.807) is 17.9 Å². The summed E-state index contributed by atoms with van der Waals surface area (Å²) in [6.45, 7) is 1.98. The van der Waals surface area contributed by atoms with Crippen LogP contribution in [0.4, 0.5) is 0 Å². The largest absolute Gasteiger partial charge is 0.495 e. The second-order valence-corrected chi connectivity index (χ2v) is 5.02. The van der Waals surface area contributed by atoms with Crippen LogP contribution in [0.2, 0.25) is 0 Å². The number of carboxylic acids is 1. The number of carboxylic acid groups (broad SMARTS) is 1. The standard InChI is InChI=1S/C13H14BrN3O3/c1-3-4-10-12(13(18)19)15-16-17(10)8-5-6-9(14)11(7-8)20-2/h5-7H,3-4H2,1-2H3,(H,18,19). The van der Waals surface area contributed by atoms with Crippen LogP contribution < -0.4 is 4.74 Å². The van der Waals surface area contributed by atoms with Gasteiger partial charge >= 0.3 is 5.97 Å². The van der Waals surface area contributed by atoms with Crippen LogP contribution in [-0.4, -0.2) is 33.2 Å². The number of aromatic carboxylic acids is 1. The van der Waals surface area contributed by atoms with Crippen LogP contribution in [0, 0.1) is 0 Å². The van der Waals surface area contributed by atoms with Crippen molar-refractivity contribution in [3.63, 3.8) is 0 Å². The maximum atomic E-state index is 11.2. The van der Waals surface area contributed by atoms with Gasteiger partial charge < -0.3 is 9.84 Å². The molecule has 6 nitrogen and oxygen atoms in total. The van der Waals surface area contributed by atoms with Crippen LogP contribution in [0.15, 0.2) is 22.7 Å². The number of ether oxygens (including phenoxy) is 1. The van der Waals surface area contributed by atoms with E-state index in [9.17, 15) is 4.79 Å². The van der Waals surface area contributed by atoms with Crippen molar-refractivity contribution < 1.29 is 14.6 Å². The van der Waals surface area contributed by atoms with E-state index in [1.165, 1.54) is 0 Å². The molecule has 1 aromatic heterocycles. The number of methoxy groups -OCH3 is 1. The Labute approximate surface area is 124 Å². The Bertz CT molecular complexity index is 640. The average Bonchev–Trinajstić information content (AvgIpc) is 2.84. The monoisotopic (exact) mass is 339 g/mol. The second-order valence-electron chi connectivity index (χ2n) is 4.17. The van der Waals surface area contributed by atoms with Gasteiger partial charge in [-0.25, -0.2) is 9.48 Å².